The van der Waals surface area contributed by atoms with E-state index in [1.165, 1.54) is 33.1 Å². The van der Waals surface area contributed by atoms with Crippen LogP contribution in [0.5, 0.6) is 0 Å². The van der Waals surface area contributed by atoms with Crippen molar-refractivity contribution in [2.45, 2.75) is 32.1 Å². The van der Waals surface area contributed by atoms with Crippen molar-refractivity contribution in [1.82, 2.24) is 10.3 Å². The van der Waals surface area contributed by atoms with E-state index in [-0.39, 0.29) is 34.2 Å². The molecule has 1 atom stereocenters. The van der Waals surface area contributed by atoms with Crippen LogP contribution in [0.4, 0.5) is 25.1 Å². The van der Waals surface area contributed by atoms with Gasteiger partial charge in [-0.25, -0.2) is 18.6 Å². The van der Waals surface area contributed by atoms with E-state index in [4.69, 9.17) is 15.9 Å². The zero-order valence-corrected chi connectivity index (χ0v) is 16.6. The van der Waals surface area contributed by atoms with Gasteiger partial charge in [0, 0.05) is 11.8 Å². The van der Waals surface area contributed by atoms with Crippen molar-refractivity contribution in [3.8, 4) is 0 Å². The van der Waals surface area contributed by atoms with E-state index >= 15 is 0 Å². The minimum absolute atomic E-state index is 0.0109. The largest absolute Gasteiger partial charge is 0.481 e. The van der Waals surface area contributed by atoms with Gasteiger partial charge in [-0.2, -0.15) is 0 Å². The molecule has 30 heavy (non-hydrogen) atoms. The molecule has 0 aliphatic rings. The molecule has 1 unspecified atom stereocenters. The molecule has 2 rings (SSSR count). The minimum atomic E-state index is -1.53. The molecule has 11 heteroatoms. The number of nitrogens with two attached hydrogens (primary N) is 1. The van der Waals surface area contributed by atoms with E-state index in [0.29, 0.717) is 0 Å². The van der Waals surface area contributed by atoms with Crippen molar-refractivity contribution in [3.63, 3.8) is 0 Å². The summed E-state index contributed by atoms with van der Waals surface area (Å²) in [5.41, 5.74) is 4.63. The number of aliphatic hydroxyl groups is 2. The fraction of sp³-hybridized carbons (Fsp3) is 0.316. The predicted octanol–water partition coefficient (Wildman–Crippen LogP) is 2.04. The Morgan fingerprint density at radius 1 is 1.33 bits per heavy atom. The standard InChI is InChI=1S/C19H23F2N5O4/c1-19(2,29)16(9-4-5-10(20)11(21)6-9)26-18(28)25-14-7-12(22)15(17(23)30-3)13(8-27)24-14/h4-7,16,23,27,29H,8H2,1-3H3,(H4,22,24,25,26,28). The van der Waals surface area contributed by atoms with Gasteiger partial charge in [-0.3, -0.25) is 10.7 Å². The average Bonchev–Trinajstić information content (AvgIpc) is 2.66. The van der Waals surface area contributed by atoms with Crippen LogP contribution in [-0.4, -0.2) is 39.8 Å². The van der Waals surface area contributed by atoms with Gasteiger partial charge in [-0.05, 0) is 31.5 Å². The van der Waals surface area contributed by atoms with Crippen molar-refractivity contribution < 1.29 is 28.5 Å². The van der Waals surface area contributed by atoms with Crippen LogP contribution in [0.15, 0.2) is 24.3 Å². The molecule has 162 valence electrons. The highest BCUT2D eigenvalue weighted by atomic mass is 19.2. The topological polar surface area (TPSA) is 154 Å². The number of amides is 2. The van der Waals surface area contributed by atoms with Crippen LogP contribution >= 0.6 is 0 Å². The number of anilines is 2. The number of nitrogens with one attached hydrogen (secondary N) is 3. The molecule has 0 saturated heterocycles. The third kappa shape index (κ3) is 5.19. The number of rotatable bonds is 6. The van der Waals surface area contributed by atoms with Crippen molar-refractivity contribution in [1.29, 1.82) is 5.41 Å². The number of ether oxygens (including phenoxy) is 1. The lowest BCUT2D eigenvalue weighted by molar-refractivity contribution is 0.0414. The molecule has 1 aromatic carbocycles. The number of carbonyl (C=O) groups excluding carboxylic acids is 1. The van der Waals surface area contributed by atoms with Gasteiger partial charge in [0.2, 0.25) is 5.90 Å². The number of hydrogen-bond donors (Lipinski definition) is 6. The van der Waals surface area contributed by atoms with Gasteiger partial charge in [0.05, 0.1) is 36.6 Å². The van der Waals surface area contributed by atoms with Gasteiger partial charge in [0.25, 0.3) is 0 Å². The van der Waals surface area contributed by atoms with Crippen LogP contribution in [0.25, 0.3) is 0 Å². The molecule has 0 bridgehead atoms. The van der Waals surface area contributed by atoms with Gasteiger partial charge in [0.15, 0.2) is 11.6 Å². The summed E-state index contributed by atoms with van der Waals surface area (Å²) >= 11 is 0. The molecule has 0 saturated carbocycles. The predicted molar refractivity (Wildman–Crippen MR) is 106 cm³/mol. The number of halogens is 2. The highest BCUT2D eigenvalue weighted by molar-refractivity contribution is 5.99. The summed E-state index contributed by atoms with van der Waals surface area (Å²) in [7, 11) is 1.26. The molecular formula is C19H23F2N5O4. The Labute approximate surface area is 171 Å². The number of benzene rings is 1. The number of carbonyl (C=O) groups is 1. The summed E-state index contributed by atoms with van der Waals surface area (Å²) < 4.78 is 31.6. The maximum atomic E-state index is 13.6. The van der Waals surface area contributed by atoms with Crippen molar-refractivity contribution in [3.05, 3.63) is 52.7 Å². The monoisotopic (exact) mass is 423 g/mol. The molecule has 0 aliphatic carbocycles. The molecule has 2 aromatic rings. The molecule has 0 radical (unpaired) electrons. The molecule has 0 aliphatic heterocycles. The lowest BCUT2D eigenvalue weighted by Gasteiger charge is -2.30. The molecule has 9 nitrogen and oxygen atoms in total. The van der Waals surface area contributed by atoms with Crippen LogP contribution in [0, 0.1) is 17.0 Å². The van der Waals surface area contributed by atoms with Gasteiger partial charge in [-0.15, -0.1) is 0 Å². The number of aromatic nitrogens is 1. The van der Waals surface area contributed by atoms with Gasteiger partial charge in [-0.1, -0.05) is 6.07 Å². The number of nitrogen functional groups attached to an aromatic ring is 1. The molecule has 0 fully saturated rings. The lowest BCUT2D eigenvalue weighted by atomic mass is 9.92. The zero-order valence-electron chi connectivity index (χ0n) is 16.6. The summed E-state index contributed by atoms with van der Waals surface area (Å²) in [4.78, 5) is 16.5. The fourth-order valence-corrected chi connectivity index (χ4v) is 2.81. The smallest absolute Gasteiger partial charge is 0.320 e. The number of hydrogen-bond acceptors (Lipinski definition) is 7. The van der Waals surface area contributed by atoms with E-state index in [0.717, 1.165) is 12.1 Å². The van der Waals surface area contributed by atoms with Gasteiger partial charge < -0.3 is 26.0 Å². The average molecular weight is 423 g/mol. The third-order valence-corrected chi connectivity index (χ3v) is 4.21. The Morgan fingerprint density at radius 2 is 2.00 bits per heavy atom. The van der Waals surface area contributed by atoms with Crippen molar-refractivity contribution in [2.75, 3.05) is 18.2 Å². The number of pyridine rings is 1. The van der Waals surface area contributed by atoms with Crippen LogP contribution in [-0.2, 0) is 11.3 Å². The summed E-state index contributed by atoms with van der Waals surface area (Å²) in [5.74, 6) is -2.53. The number of urea groups is 1. The first kappa shape index (κ1) is 23.0. The normalized spacial score (nSPS) is 12.2. The van der Waals surface area contributed by atoms with E-state index < -0.39 is 35.9 Å². The quantitative estimate of drug-likeness (QED) is 0.309. The number of aliphatic hydroxyl groups excluding tert-OH is 1. The minimum Gasteiger partial charge on any atom is -0.481 e. The van der Waals surface area contributed by atoms with E-state index in [1.54, 1.807) is 0 Å². The van der Waals surface area contributed by atoms with Crippen LogP contribution in [0.3, 0.4) is 0 Å². The van der Waals surface area contributed by atoms with Crippen LogP contribution in [0.1, 0.15) is 36.7 Å². The SMILES string of the molecule is COC(=N)c1c(N)cc(NC(=O)NC(c2ccc(F)c(F)c2)C(C)(C)O)nc1CO. The molecule has 1 aromatic heterocycles. The Hall–Kier alpha value is -3.31. The maximum absolute atomic E-state index is 13.6. The van der Waals surface area contributed by atoms with Gasteiger partial charge in [0.1, 0.15) is 5.82 Å². The highest BCUT2D eigenvalue weighted by Gasteiger charge is 2.31. The maximum Gasteiger partial charge on any atom is 0.320 e. The number of nitrogens with zero attached hydrogens (tertiary/aromatic N) is 1. The Morgan fingerprint density at radius 3 is 2.53 bits per heavy atom. The first-order valence-corrected chi connectivity index (χ1v) is 8.76. The number of methoxy groups -OCH3 is 1. The second kappa shape index (κ2) is 9.01. The lowest BCUT2D eigenvalue weighted by Crippen LogP contribution is -2.44. The molecule has 2 amide bonds. The van der Waals surface area contributed by atoms with Crippen LogP contribution < -0.4 is 16.4 Å². The molecule has 1 heterocycles. The second-order valence-electron chi connectivity index (χ2n) is 6.97. The third-order valence-electron chi connectivity index (χ3n) is 4.21. The fourth-order valence-electron chi connectivity index (χ4n) is 2.81. The Bertz CT molecular complexity index is 963. The Kier molecular flexibility index (Phi) is 6.90. The molecule has 7 N–H and O–H groups in total. The highest BCUT2D eigenvalue weighted by Crippen LogP contribution is 2.27. The Balaban J connectivity index is 2.28. The second-order valence-corrected chi connectivity index (χ2v) is 6.97. The van der Waals surface area contributed by atoms with E-state index in [9.17, 15) is 23.8 Å². The summed E-state index contributed by atoms with van der Waals surface area (Å²) in [5, 5.41) is 32.5. The summed E-state index contributed by atoms with van der Waals surface area (Å²) in [6, 6.07) is 2.36. The van der Waals surface area contributed by atoms with E-state index in [1.807, 2.05) is 0 Å². The summed E-state index contributed by atoms with van der Waals surface area (Å²) in [6.45, 7) is 2.22. The van der Waals surface area contributed by atoms with E-state index in [2.05, 4.69) is 15.6 Å². The first-order valence-electron chi connectivity index (χ1n) is 8.76. The van der Waals surface area contributed by atoms with Crippen molar-refractivity contribution in [2.24, 2.45) is 0 Å². The molecular weight excluding hydrogens is 400 g/mol. The zero-order chi connectivity index (χ0) is 22.6. The molecule has 0 spiro atoms. The van der Waals surface area contributed by atoms with Gasteiger partial charge >= 0.3 is 6.03 Å². The van der Waals surface area contributed by atoms with Crippen LogP contribution in [0.2, 0.25) is 0 Å². The first-order chi connectivity index (χ1) is 14.0. The van der Waals surface area contributed by atoms with Crippen molar-refractivity contribution >= 4 is 23.4 Å². The summed E-state index contributed by atoms with van der Waals surface area (Å²) in [6.07, 6.45) is 0.